The van der Waals surface area contributed by atoms with Crippen molar-refractivity contribution in [3.63, 3.8) is 0 Å². The highest BCUT2D eigenvalue weighted by atomic mass is 19.1. The molecule has 0 N–H and O–H groups in total. The van der Waals surface area contributed by atoms with Crippen molar-refractivity contribution in [1.82, 2.24) is 9.80 Å². The highest BCUT2D eigenvalue weighted by molar-refractivity contribution is 5.83. The van der Waals surface area contributed by atoms with Gasteiger partial charge in [0, 0.05) is 20.1 Å². The first-order valence-electron chi connectivity index (χ1n) is 4.40. The van der Waals surface area contributed by atoms with Gasteiger partial charge in [0.2, 0.25) is 0 Å². The number of carbonyl (C=O) groups is 2. The fourth-order valence-electron chi connectivity index (χ4n) is 1.22. The molecule has 0 aromatic heterocycles. The first-order chi connectivity index (χ1) is 6.57. The van der Waals surface area contributed by atoms with Crippen LogP contribution in [0.25, 0.3) is 0 Å². The Morgan fingerprint density at radius 1 is 1.64 bits per heavy atom. The van der Waals surface area contributed by atoms with E-state index in [9.17, 15) is 14.0 Å². The Kier molecular flexibility index (Phi) is 3.27. The fourth-order valence-corrected chi connectivity index (χ4v) is 1.22. The van der Waals surface area contributed by atoms with Crippen molar-refractivity contribution in [2.75, 3.05) is 26.7 Å². The highest BCUT2D eigenvalue weighted by Crippen LogP contribution is 2.12. The number of amides is 2. The summed E-state index contributed by atoms with van der Waals surface area (Å²) in [5.41, 5.74) is 0. The van der Waals surface area contributed by atoms with Crippen molar-refractivity contribution in [2.24, 2.45) is 0 Å². The topological polar surface area (TPSA) is 49.9 Å². The van der Waals surface area contributed by atoms with E-state index in [4.69, 9.17) is 0 Å². The molecule has 0 radical (unpaired) electrons. The smallest absolute Gasteiger partial charge is 0.362 e. The molecular weight excluding hydrogens is 191 g/mol. The molecule has 1 unspecified atom stereocenters. The molecule has 0 aliphatic carbocycles. The summed E-state index contributed by atoms with van der Waals surface area (Å²) in [6, 6.07) is -0.481. The van der Waals surface area contributed by atoms with Gasteiger partial charge in [0.25, 0.3) is 6.30 Å². The summed E-state index contributed by atoms with van der Waals surface area (Å²) in [4.78, 5) is 24.4. The lowest BCUT2D eigenvalue weighted by atomic mass is 10.5. The molecule has 2 amide bonds. The number of carbonyl (C=O) groups excluding carboxylic acids is 2. The Balaban J connectivity index is 2.57. The van der Waals surface area contributed by atoms with E-state index >= 15 is 0 Å². The minimum Gasteiger partial charge on any atom is -0.462 e. The van der Waals surface area contributed by atoms with Crippen molar-refractivity contribution in [1.29, 1.82) is 0 Å². The molecule has 1 aliphatic rings. The van der Waals surface area contributed by atoms with Gasteiger partial charge in [-0.1, -0.05) is 0 Å². The monoisotopic (exact) mass is 204 g/mol. The molecule has 1 atom stereocenters. The van der Waals surface area contributed by atoms with Crippen molar-refractivity contribution in [2.45, 2.75) is 13.2 Å². The summed E-state index contributed by atoms with van der Waals surface area (Å²) < 4.78 is 17.8. The van der Waals surface area contributed by atoms with Crippen LogP contribution in [0.5, 0.6) is 0 Å². The molecule has 0 bridgehead atoms. The SMILES string of the molecule is CCOC(=O)C(F)N1CCN(C)C1=O. The maximum absolute atomic E-state index is 13.3. The van der Waals surface area contributed by atoms with E-state index in [1.165, 1.54) is 4.90 Å². The van der Waals surface area contributed by atoms with Gasteiger partial charge in [-0.15, -0.1) is 0 Å². The van der Waals surface area contributed by atoms with E-state index < -0.39 is 18.3 Å². The largest absolute Gasteiger partial charge is 0.462 e. The number of hydrogen-bond acceptors (Lipinski definition) is 3. The summed E-state index contributed by atoms with van der Waals surface area (Å²) >= 11 is 0. The molecule has 1 heterocycles. The van der Waals surface area contributed by atoms with Gasteiger partial charge in [-0.2, -0.15) is 0 Å². The van der Waals surface area contributed by atoms with E-state index in [1.54, 1.807) is 14.0 Å². The summed E-state index contributed by atoms with van der Waals surface area (Å²) in [6.45, 7) is 2.34. The quantitative estimate of drug-likeness (QED) is 0.488. The molecule has 0 aromatic carbocycles. The van der Waals surface area contributed by atoms with Crippen LogP contribution in [-0.2, 0) is 9.53 Å². The minimum absolute atomic E-state index is 0.108. The predicted molar refractivity (Wildman–Crippen MR) is 46.3 cm³/mol. The predicted octanol–water partition coefficient (Wildman–Crippen LogP) is 0.213. The van der Waals surface area contributed by atoms with Gasteiger partial charge in [-0.05, 0) is 6.92 Å². The normalized spacial score (nSPS) is 18.6. The maximum Gasteiger partial charge on any atom is 0.362 e. The zero-order valence-corrected chi connectivity index (χ0v) is 8.20. The second-order valence-corrected chi connectivity index (χ2v) is 2.99. The van der Waals surface area contributed by atoms with Gasteiger partial charge in [0.1, 0.15) is 0 Å². The third-order valence-electron chi connectivity index (χ3n) is 2.00. The lowest BCUT2D eigenvalue weighted by Gasteiger charge is -2.18. The van der Waals surface area contributed by atoms with Crippen molar-refractivity contribution in [3.05, 3.63) is 0 Å². The van der Waals surface area contributed by atoms with E-state index in [2.05, 4.69) is 4.74 Å². The number of ether oxygens (including phenoxy) is 1. The van der Waals surface area contributed by atoms with Crippen molar-refractivity contribution >= 4 is 12.0 Å². The van der Waals surface area contributed by atoms with E-state index in [-0.39, 0.29) is 13.2 Å². The third-order valence-corrected chi connectivity index (χ3v) is 2.00. The van der Waals surface area contributed by atoms with Crippen LogP contribution in [0.1, 0.15) is 6.92 Å². The molecule has 14 heavy (non-hydrogen) atoms. The summed E-state index contributed by atoms with van der Waals surface area (Å²) in [6.07, 6.45) is -1.98. The van der Waals surface area contributed by atoms with Gasteiger partial charge in [0.05, 0.1) is 6.61 Å². The van der Waals surface area contributed by atoms with Crippen LogP contribution in [-0.4, -0.2) is 54.8 Å². The van der Waals surface area contributed by atoms with Crippen LogP contribution in [0.4, 0.5) is 9.18 Å². The van der Waals surface area contributed by atoms with Crippen molar-refractivity contribution in [3.8, 4) is 0 Å². The lowest BCUT2D eigenvalue weighted by molar-refractivity contribution is -0.154. The zero-order chi connectivity index (χ0) is 10.7. The molecule has 0 saturated carbocycles. The van der Waals surface area contributed by atoms with E-state index in [1.807, 2.05) is 0 Å². The number of urea groups is 1. The Bertz CT molecular complexity index is 247. The summed E-state index contributed by atoms with van der Waals surface area (Å²) in [5.74, 6) is -1.00. The average molecular weight is 204 g/mol. The number of hydrogen-bond donors (Lipinski definition) is 0. The lowest BCUT2D eigenvalue weighted by Crippen LogP contribution is -2.41. The standard InChI is InChI=1S/C8H13FN2O3/c1-3-14-7(12)6(9)11-5-4-10(2)8(11)13/h6H,3-5H2,1-2H3. The zero-order valence-electron chi connectivity index (χ0n) is 8.20. The Labute approximate surface area is 81.4 Å². The van der Waals surface area contributed by atoms with E-state index in [0.717, 1.165) is 4.90 Å². The van der Waals surface area contributed by atoms with Crippen LogP contribution in [0.3, 0.4) is 0 Å². The van der Waals surface area contributed by atoms with E-state index in [0.29, 0.717) is 6.54 Å². The van der Waals surface area contributed by atoms with Crippen LogP contribution in [0.2, 0.25) is 0 Å². The highest BCUT2D eigenvalue weighted by Gasteiger charge is 2.36. The molecule has 1 aliphatic heterocycles. The van der Waals surface area contributed by atoms with Gasteiger partial charge < -0.3 is 9.64 Å². The van der Waals surface area contributed by atoms with Crippen LogP contribution in [0, 0.1) is 0 Å². The first kappa shape index (κ1) is 10.7. The molecule has 0 spiro atoms. The summed E-state index contributed by atoms with van der Waals surface area (Å²) in [7, 11) is 1.56. The number of nitrogens with zero attached hydrogens (tertiary/aromatic N) is 2. The maximum atomic E-state index is 13.3. The molecule has 5 nitrogen and oxygen atoms in total. The number of esters is 1. The number of alkyl halides is 1. The number of rotatable bonds is 3. The Morgan fingerprint density at radius 2 is 2.29 bits per heavy atom. The van der Waals surface area contributed by atoms with Crippen LogP contribution >= 0.6 is 0 Å². The molecule has 1 fully saturated rings. The number of halogens is 1. The first-order valence-corrected chi connectivity index (χ1v) is 4.40. The number of likely N-dealkylation sites (N-methyl/N-ethyl adjacent to an activating group) is 1. The van der Waals surface area contributed by atoms with Gasteiger partial charge in [0.15, 0.2) is 0 Å². The minimum atomic E-state index is -1.98. The second kappa shape index (κ2) is 4.26. The third kappa shape index (κ3) is 1.94. The molecule has 80 valence electrons. The Morgan fingerprint density at radius 3 is 2.71 bits per heavy atom. The summed E-state index contributed by atoms with van der Waals surface area (Å²) in [5, 5.41) is 0. The van der Waals surface area contributed by atoms with Gasteiger partial charge in [-0.3, -0.25) is 4.90 Å². The molecular formula is C8H13FN2O3. The van der Waals surface area contributed by atoms with Crippen LogP contribution in [0.15, 0.2) is 0 Å². The molecule has 0 aromatic rings. The molecule has 1 saturated heterocycles. The molecule has 1 rings (SSSR count). The van der Waals surface area contributed by atoms with Gasteiger partial charge >= 0.3 is 12.0 Å². The molecule has 6 heteroatoms. The van der Waals surface area contributed by atoms with Crippen LogP contribution < -0.4 is 0 Å². The fraction of sp³-hybridized carbons (Fsp3) is 0.750. The van der Waals surface area contributed by atoms with Crippen molar-refractivity contribution < 1.29 is 18.7 Å². The average Bonchev–Trinajstić information content (AvgIpc) is 2.47. The Hall–Kier alpha value is -1.33. The van der Waals surface area contributed by atoms with Gasteiger partial charge in [-0.25, -0.2) is 14.0 Å². The second-order valence-electron chi connectivity index (χ2n) is 2.99.